The largest absolute Gasteiger partial charge is 0.390 e. The first-order valence-electron chi connectivity index (χ1n) is 3.44. The van der Waals surface area contributed by atoms with Crippen molar-refractivity contribution in [1.82, 2.24) is 0 Å². The van der Waals surface area contributed by atoms with Crippen molar-refractivity contribution in [3.05, 3.63) is 0 Å². The highest BCUT2D eigenvalue weighted by Gasteiger charge is 2.40. The van der Waals surface area contributed by atoms with Crippen LogP contribution in [0.5, 0.6) is 0 Å². The zero-order valence-corrected chi connectivity index (χ0v) is 5.83. The van der Waals surface area contributed by atoms with Gasteiger partial charge in [-0.2, -0.15) is 0 Å². The molecule has 0 aliphatic heterocycles. The number of hydrogen-bond acceptors (Lipinski definition) is 5. The second kappa shape index (κ2) is 3.04. The predicted octanol–water partition coefficient (Wildman–Crippen LogP) is -2.81. The van der Waals surface area contributed by atoms with Crippen LogP contribution in [0.15, 0.2) is 0 Å². The summed E-state index contributed by atoms with van der Waals surface area (Å²) in [5.74, 6) is 0. The quantitative estimate of drug-likeness (QED) is 0.266. The van der Waals surface area contributed by atoms with Gasteiger partial charge >= 0.3 is 0 Å². The number of aliphatic hydroxyl groups is 5. The van der Waals surface area contributed by atoms with E-state index in [0.29, 0.717) is 0 Å². The Kier molecular flexibility index (Phi) is 2.46. The lowest BCUT2D eigenvalue weighted by molar-refractivity contribution is -0.176. The van der Waals surface area contributed by atoms with Gasteiger partial charge in [0.25, 0.3) is 0 Å². The molecule has 5 nitrogen and oxygen atoms in total. The maximum atomic E-state index is 8.97. The van der Waals surface area contributed by atoms with Crippen LogP contribution in [0, 0.1) is 0 Å². The Labute approximate surface area is 63.5 Å². The summed E-state index contributed by atoms with van der Waals surface area (Å²) in [6.07, 6.45) is -6.64. The molecule has 1 aliphatic rings. The van der Waals surface area contributed by atoms with Gasteiger partial charge in [0.2, 0.25) is 0 Å². The van der Waals surface area contributed by atoms with E-state index in [1.54, 1.807) is 0 Å². The molecular formula is C6H12O5. The average Bonchev–Trinajstić information content (AvgIpc) is 1.97. The maximum Gasteiger partial charge on any atom is 0.111 e. The van der Waals surface area contributed by atoms with Gasteiger partial charge in [-0.05, 0) is 0 Å². The molecule has 0 unspecified atom stereocenters. The first kappa shape index (κ1) is 8.89. The Balaban J connectivity index is 2.63. The molecule has 0 heterocycles. The van der Waals surface area contributed by atoms with Crippen molar-refractivity contribution >= 4 is 0 Å². The molecule has 0 bridgehead atoms. The Bertz CT molecular complexity index is 125. The molecule has 0 saturated heterocycles. The van der Waals surface area contributed by atoms with Crippen molar-refractivity contribution in [3.63, 3.8) is 0 Å². The molecule has 0 aromatic rings. The van der Waals surface area contributed by atoms with E-state index < -0.39 is 30.5 Å². The summed E-state index contributed by atoms with van der Waals surface area (Å²) in [6.45, 7) is 0. The topological polar surface area (TPSA) is 101 Å². The monoisotopic (exact) mass is 164 g/mol. The summed E-state index contributed by atoms with van der Waals surface area (Å²) in [4.78, 5) is 0. The molecule has 0 spiro atoms. The van der Waals surface area contributed by atoms with E-state index in [4.69, 9.17) is 25.5 Å². The Hall–Kier alpha value is -0.200. The second-order valence-electron chi connectivity index (χ2n) is 2.84. The molecule has 0 amide bonds. The lowest BCUT2D eigenvalue weighted by Crippen LogP contribution is -2.55. The summed E-state index contributed by atoms with van der Waals surface area (Å²) in [7, 11) is 0. The van der Waals surface area contributed by atoms with Crippen molar-refractivity contribution in [2.45, 2.75) is 36.9 Å². The zero-order valence-electron chi connectivity index (χ0n) is 5.83. The van der Waals surface area contributed by atoms with Gasteiger partial charge in [0.15, 0.2) is 0 Å². The zero-order chi connectivity index (χ0) is 8.59. The molecule has 1 saturated carbocycles. The molecule has 0 aromatic carbocycles. The van der Waals surface area contributed by atoms with Gasteiger partial charge in [0, 0.05) is 6.42 Å². The minimum Gasteiger partial charge on any atom is -0.390 e. The lowest BCUT2D eigenvalue weighted by Gasteiger charge is -2.35. The van der Waals surface area contributed by atoms with Crippen LogP contribution in [0.1, 0.15) is 6.42 Å². The summed E-state index contributed by atoms with van der Waals surface area (Å²) in [6, 6.07) is 0. The Morgan fingerprint density at radius 2 is 1.00 bits per heavy atom. The van der Waals surface area contributed by atoms with E-state index >= 15 is 0 Å². The van der Waals surface area contributed by atoms with E-state index in [2.05, 4.69) is 0 Å². The predicted molar refractivity (Wildman–Crippen MR) is 34.7 cm³/mol. The van der Waals surface area contributed by atoms with Crippen LogP contribution in [0.4, 0.5) is 0 Å². The van der Waals surface area contributed by atoms with Crippen LogP contribution >= 0.6 is 0 Å². The maximum absolute atomic E-state index is 8.97. The van der Waals surface area contributed by atoms with Crippen molar-refractivity contribution < 1.29 is 25.5 Å². The van der Waals surface area contributed by atoms with Gasteiger partial charge in [0.05, 0.1) is 12.2 Å². The minimum atomic E-state index is -1.46. The normalized spacial score (nSPS) is 52.6. The van der Waals surface area contributed by atoms with Crippen molar-refractivity contribution in [2.24, 2.45) is 0 Å². The average molecular weight is 164 g/mol. The molecule has 0 aromatic heterocycles. The fraction of sp³-hybridized carbons (Fsp3) is 1.00. The van der Waals surface area contributed by atoms with Crippen LogP contribution < -0.4 is 0 Å². The highest BCUT2D eigenvalue weighted by molar-refractivity contribution is 4.92. The van der Waals surface area contributed by atoms with E-state index in [1.165, 1.54) is 0 Å². The molecule has 66 valence electrons. The van der Waals surface area contributed by atoms with Crippen molar-refractivity contribution in [2.75, 3.05) is 0 Å². The smallest absolute Gasteiger partial charge is 0.111 e. The van der Waals surface area contributed by atoms with E-state index in [9.17, 15) is 0 Å². The third kappa shape index (κ3) is 1.52. The minimum absolute atomic E-state index is 0.112. The lowest BCUT2D eigenvalue weighted by atomic mass is 9.87. The summed E-state index contributed by atoms with van der Waals surface area (Å²) < 4.78 is 0. The molecule has 5 heteroatoms. The molecule has 1 aliphatic carbocycles. The van der Waals surface area contributed by atoms with Gasteiger partial charge in [0.1, 0.15) is 18.3 Å². The standard InChI is InChI=1S/C6H12O5/c7-2-1-3(8)5(10)6(11)4(2)9/h2-11H,1H2/t2-,3-,4-,5-/m1/s1. The Morgan fingerprint density at radius 1 is 0.636 bits per heavy atom. The van der Waals surface area contributed by atoms with Crippen LogP contribution in [0.2, 0.25) is 0 Å². The highest BCUT2D eigenvalue weighted by Crippen LogP contribution is 2.20. The molecule has 0 radical (unpaired) electrons. The Morgan fingerprint density at radius 3 is 1.36 bits per heavy atom. The van der Waals surface area contributed by atoms with Crippen molar-refractivity contribution in [3.8, 4) is 0 Å². The van der Waals surface area contributed by atoms with Crippen LogP contribution in [-0.4, -0.2) is 56.1 Å². The summed E-state index contributed by atoms with van der Waals surface area (Å²) in [5, 5.41) is 44.8. The number of rotatable bonds is 0. The van der Waals surface area contributed by atoms with Crippen molar-refractivity contribution in [1.29, 1.82) is 0 Å². The molecular weight excluding hydrogens is 152 g/mol. The van der Waals surface area contributed by atoms with E-state index in [0.717, 1.165) is 0 Å². The highest BCUT2D eigenvalue weighted by atomic mass is 16.4. The van der Waals surface area contributed by atoms with Gasteiger partial charge in [-0.1, -0.05) is 0 Å². The third-order valence-corrected chi connectivity index (χ3v) is 1.97. The fourth-order valence-electron chi connectivity index (χ4n) is 1.18. The molecule has 1 rings (SSSR count). The van der Waals surface area contributed by atoms with Crippen LogP contribution in [-0.2, 0) is 0 Å². The van der Waals surface area contributed by atoms with Crippen LogP contribution in [0.3, 0.4) is 0 Å². The molecule has 1 fully saturated rings. The van der Waals surface area contributed by atoms with Crippen LogP contribution in [0.25, 0.3) is 0 Å². The SMILES string of the molecule is OC1[C@H](O)[C@H](O)C[C@@H](O)[C@H]1O. The summed E-state index contributed by atoms with van der Waals surface area (Å²) in [5.41, 5.74) is 0. The number of hydrogen-bond donors (Lipinski definition) is 5. The summed E-state index contributed by atoms with van der Waals surface area (Å²) >= 11 is 0. The van der Waals surface area contributed by atoms with E-state index in [-0.39, 0.29) is 6.42 Å². The van der Waals surface area contributed by atoms with E-state index in [1.807, 2.05) is 0 Å². The van der Waals surface area contributed by atoms with Gasteiger partial charge < -0.3 is 25.5 Å². The molecule has 11 heavy (non-hydrogen) atoms. The van der Waals surface area contributed by atoms with Gasteiger partial charge in [-0.25, -0.2) is 0 Å². The molecule has 4 atom stereocenters. The van der Waals surface area contributed by atoms with Gasteiger partial charge in [-0.3, -0.25) is 0 Å². The number of aliphatic hydroxyl groups excluding tert-OH is 5. The second-order valence-corrected chi connectivity index (χ2v) is 2.84. The molecule has 5 N–H and O–H groups in total. The first-order chi connectivity index (χ1) is 5.04. The van der Waals surface area contributed by atoms with Gasteiger partial charge in [-0.15, -0.1) is 0 Å². The third-order valence-electron chi connectivity index (χ3n) is 1.97. The first-order valence-corrected chi connectivity index (χ1v) is 3.44. The fourth-order valence-corrected chi connectivity index (χ4v) is 1.18.